The van der Waals surface area contributed by atoms with Crippen LogP contribution in [0.2, 0.25) is 0 Å². The second kappa shape index (κ2) is 3.96. The summed E-state index contributed by atoms with van der Waals surface area (Å²) < 4.78 is 4.98. The summed E-state index contributed by atoms with van der Waals surface area (Å²) in [5.41, 5.74) is 0.667. The minimum Gasteiger partial charge on any atom is -0.481 e. The Morgan fingerprint density at radius 2 is 2.38 bits per heavy atom. The number of aryl methyl sites for hydroxylation is 1. The van der Waals surface area contributed by atoms with Gasteiger partial charge in [-0.05, 0) is 13.3 Å². The summed E-state index contributed by atoms with van der Waals surface area (Å²) in [6.45, 7) is 2.04. The van der Waals surface area contributed by atoms with Crippen LogP contribution in [-0.4, -0.2) is 22.0 Å². The van der Waals surface area contributed by atoms with Crippen molar-refractivity contribution in [3.63, 3.8) is 0 Å². The average molecular weight is 224 g/mol. The molecule has 0 aliphatic heterocycles. The van der Waals surface area contributed by atoms with Crippen LogP contribution in [0.4, 0.5) is 0 Å². The summed E-state index contributed by atoms with van der Waals surface area (Å²) in [5, 5.41) is 11.3. The van der Waals surface area contributed by atoms with Gasteiger partial charge < -0.3 is 14.8 Å². The maximum Gasteiger partial charge on any atom is 0.307 e. The predicted molar refractivity (Wildman–Crippen MR) is 52.3 cm³/mol. The second-order valence-corrected chi connectivity index (χ2v) is 3.86. The van der Waals surface area contributed by atoms with Crippen LogP contribution in [-0.2, 0) is 16.1 Å². The Hall–Kier alpha value is -1.85. The summed E-state index contributed by atoms with van der Waals surface area (Å²) in [5.74, 6) is -1.37. The lowest BCUT2D eigenvalue weighted by molar-refractivity contribution is -0.140. The van der Waals surface area contributed by atoms with E-state index in [2.05, 4.69) is 10.3 Å². The highest BCUT2D eigenvalue weighted by molar-refractivity contribution is 5.89. The van der Waals surface area contributed by atoms with E-state index in [1.165, 1.54) is 6.39 Å². The first-order valence-corrected chi connectivity index (χ1v) is 4.99. The topological polar surface area (TPSA) is 92.4 Å². The molecule has 16 heavy (non-hydrogen) atoms. The SMILES string of the molecule is Cc1ocnc1CNC(=O)C1CC1C(=O)O. The van der Waals surface area contributed by atoms with Gasteiger partial charge in [-0.15, -0.1) is 0 Å². The zero-order chi connectivity index (χ0) is 11.7. The van der Waals surface area contributed by atoms with Crippen molar-refractivity contribution in [1.29, 1.82) is 0 Å². The van der Waals surface area contributed by atoms with Gasteiger partial charge in [0.15, 0.2) is 6.39 Å². The maximum absolute atomic E-state index is 11.5. The lowest BCUT2D eigenvalue weighted by atomic mass is 10.3. The molecule has 1 aromatic rings. The van der Waals surface area contributed by atoms with Gasteiger partial charge in [0.05, 0.1) is 18.4 Å². The molecule has 1 heterocycles. The van der Waals surface area contributed by atoms with Crippen LogP contribution in [0.1, 0.15) is 17.9 Å². The fourth-order valence-corrected chi connectivity index (χ4v) is 1.56. The van der Waals surface area contributed by atoms with Gasteiger partial charge >= 0.3 is 5.97 Å². The molecule has 2 N–H and O–H groups in total. The Labute approximate surface area is 91.7 Å². The first kappa shape index (κ1) is 10.7. The van der Waals surface area contributed by atoms with Gasteiger partial charge in [-0.25, -0.2) is 4.98 Å². The van der Waals surface area contributed by atoms with Crippen LogP contribution in [0.3, 0.4) is 0 Å². The molecule has 2 atom stereocenters. The van der Waals surface area contributed by atoms with Crippen LogP contribution < -0.4 is 5.32 Å². The summed E-state index contributed by atoms with van der Waals surface area (Å²) in [7, 11) is 0. The molecule has 0 aromatic carbocycles. The normalized spacial score (nSPS) is 22.8. The number of carboxylic acid groups (broad SMARTS) is 1. The molecule has 1 amide bonds. The molecule has 0 saturated heterocycles. The number of carboxylic acids is 1. The number of oxazole rings is 1. The molecule has 0 radical (unpaired) electrons. The summed E-state index contributed by atoms with van der Waals surface area (Å²) in [4.78, 5) is 26.0. The third kappa shape index (κ3) is 2.05. The highest BCUT2D eigenvalue weighted by Crippen LogP contribution is 2.38. The van der Waals surface area contributed by atoms with E-state index in [0.29, 0.717) is 17.9 Å². The zero-order valence-corrected chi connectivity index (χ0v) is 8.77. The predicted octanol–water partition coefficient (Wildman–Crippen LogP) is 0.320. The molecule has 6 nitrogen and oxygen atoms in total. The molecule has 2 rings (SSSR count). The Kier molecular flexibility index (Phi) is 2.64. The van der Waals surface area contributed by atoms with Crippen molar-refractivity contribution in [2.75, 3.05) is 0 Å². The third-order valence-electron chi connectivity index (χ3n) is 2.72. The van der Waals surface area contributed by atoms with Crippen LogP contribution >= 0.6 is 0 Å². The van der Waals surface area contributed by atoms with Gasteiger partial charge in [0.2, 0.25) is 5.91 Å². The smallest absolute Gasteiger partial charge is 0.307 e. The van der Waals surface area contributed by atoms with Crippen molar-refractivity contribution in [3.8, 4) is 0 Å². The summed E-state index contributed by atoms with van der Waals surface area (Å²) >= 11 is 0. The minimum atomic E-state index is -0.905. The number of nitrogens with zero attached hydrogens (tertiary/aromatic N) is 1. The maximum atomic E-state index is 11.5. The summed E-state index contributed by atoms with van der Waals surface area (Å²) in [6, 6.07) is 0. The number of carbonyl (C=O) groups is 2. The molecule has 0 spiro atoms. The van der Waals surface area contributed by atoms with E-state index in [9.17, 15) is 9.59 Å². The number of amides is 1. The molecule has 1 fully saturated rings. The van der Waals surface area contributed by atoms with Crippen molar-refractivity contribution in [3.05, 3.63) is 17.8 Å². The van der Waals surface area contributed by atoms with Crippen molar-refractivity contribution < 1.29 is 19.1 Å². The van der Waals surface area contributed by atoms with Crippen molar-refractivity contribution in [2.24, 2.45) is 11.8 Å². The Bertz CT molecular complexity index is 426. The Morgan fingerprint density at radius 3 is 2.88 bits per heavy atom. The van der Waals surface area contributed by atoms with Crippen molar-refractivity contribution >= 4 is 11.9 Å². The molecule has 0 bridgehead atoms. The Morgan fingerprint density at radius 1 is 1.62 bits per heavy atom. The molecule has 1 aromatic heterocycles. The molecule has 1 saturated carbocycles. The molecule has 86 valence electrons. The molecule has 1 aliphatic rings. The van der Waals surface area contributed by atoms with E-state index in [1.807, 2.05) is 0 Å². The first-order chi connectivity index (χ1) is 7.59. The standard InChI is InChI=1S/C10H12N2O4/c1-5-8(12-4-16-5)3-11-9(13)6-2-7(6)10(14)15/h4,6-7H,2-3H2,1H3,(H,11,13)(H,14,15). The fourth-order valence-electron chi connectivity index (χ4n) is 1.56. The van der Waals surface area contributed by atoms with Gasteiger partial charge in [-0.3, -0.25) is 9.59 Å². The third-order valence-corrected chi connectivity index (χ3v) is 2.72. The van der Waals surface area contributed by atoms with E-state index in [4.69, 9.17) is 9.52 Å². The Balaban J connectivity index is 1.82. The van der Waals surface area contributed by atoms with Gasteiger partial charge in [-0.2, -0.15) is 0 Å². The number of hydrogen-bond donors (Lipinski definition) is 2. The number of rotatable bonds is 4. The van der Waals surface area contributed by atoms with Crippen LogP contribution in [0.25, 0.3) is 0 Å². The number of aromatic nitrogens is 1. The largest absolute Gasteiger partial charge is 0.481 e. The van der Waals surface area contributed by atoms with Crippen LogP contribution in [0, 0.1) is 18.8 Å². The molecule has 6 heteroatoms. The lowest BCUT2D eigenvalue weighted by Gasteiger charge is -2.01. The van der Waals surface area contributed by atoms with Gasteiger partial charge in [0, 0.05) is 0 Å². The molecule has 2 unspecified atom stereocenters. The van der Waals surface area contributed by atoms with E-state index in [0.717, 1.165) is 0 Å². The van der Waals surface area contributed by atoms with Gasteiger partial charge in [0.25, 0.3) is 0 Å². The van der Waals surface area contributed by atoms with E-state index < -0.39 is 11.9 Å². The minimum absolute atomic E-state index is 0.227. The number of aliphatic carboxylic acids is 1. The highest BCUT2D eigenvalue weighted by Gasteiger charge is 2.48. The number of nitrogens with one attached hydrogen (secondary N) is 1. The van der Waals surface area contributed by atoms with Gasteiger partial charge in [0.1, 0.15) is 11.5 Å². The van der Waals surface area contributed by atoms with E-state index in [1.54, 1.807) is 6.92 Å². The van der Waals surface area contributed by atoms with E-state index in [-0.39, 0.29) is 18.4 Å². The molecule has 1 aliphatic carbocycles. The van der Waals surface area contributed by atoms with Crippen LogP contribution in [0.5, 0.6) is 0 Å². The monoisotopic (exact) mass is 224 g/mol. The van der Waals surface area contributed by atoms with Crippen LogP contribution in [0.15, 0.2) is 10.8 Å². The average Bonchev–Trinajstić information content (AvgIpc) is 2.94. The van der Waals surface area contributed by atoms with Gasteiger partial charge in [-0.1, -0.05) is 0 Å². The highest BCUT2D eigenvalue weighted by atomic mass is 16.4. The number of hydrogen-bond acceptors (Lipinski definition) is 4. The van der Waals surface area contributed by atoms with Crippen molar-refractivity contribution in [2.45, 2.75) is 19.9 Å². The first-order valence-electron chi connectivity index (χ1n) is 4.99. The number of carbonyl (C=O) groups excluding carboxylic acids is 1. The second-order valence-electron chi connectivity index (χ2n) is 3.86. The quantitative estimate of drug-likeness (QED) is 0.768. The molecular weight excluding hydrogens is 212 g/mol. The summed E-state index contributed by atoms with van der Waals surface area (Å²) in [6.07, 6.45) is 1.74. The lowest BCUT2D eigenvalue weighted by Crippen LogP contribution is -2.26. The van der Waals surface area contributed by atoms with Crippen molar-refractivity contribution in [1.82, 2.24) is 10.3 Å². The fraction of sp³-hybridized carbons (Fsp3) is 0.500. The molecular formula is C10H12N2O4. The van der Waals surface area contributed by atoms with E-state index >= 15 is 0 Å². The zero-order valence-electron chi connectivity index (χ0n) is 8.77.